The quantitative estimate of drug-likeness (QED) is 0.684. The zero-order valence-electron chi connectivity index (χ0n) is 13.2. The first kappa shape index (κ1) is 16.3. The Kier molecular flexibility index (Phi) is 6.20. The zero-order valence-corrected chi connectivity index (χ0v) is 13.2. The Hall–Kier alpha value is -2.09. The fourth-order valence-electron chi connectivity index (χ4n) is 2.60. The van der Waals surface area contributed by atoms with E-state index < -0.39 is 5.97 Å². The second kappa shape index (κ2) is 8.38. The number of unbranched alkanes of at least 4 members (excludes halogenated alkanes) is 4. The number of rotatable bonds is 8. The van der Waals surface area contributed by atoms with Crippen molar-refractivity contribution in [2.24, 2.45) is 0 Å². The minimum atomic E-state index is -1.13. The topological polar surface area (TPSA) is 40.1 Å². The third-order valence-electron chi connectivity index (χ3n) is 3.98. The molecule has 0 saturated heterocycles. The van der Waals surface area contributed by atoms with Crippen LogP contribution in [-0.4, -0.2) is 5.97 Å². The molecule has 0 spiro atoms. The lowest BCUT2D eigenvalue weighted by atomic mass is 10.00. The van der Waals surface area contributed by atoms with Crippen molar-refractivity contribution in [1.29, 1.82) is 0 Å². The molecule has 0 aliphatic heterocycles. The van der Waals surface area contributed by atoms with Gasteiger partial charge in [0, 0.05) is 0 Å². The Morgan fingerprint density at radius 1 is 0.818 bits per heavy atom. The highest BCUT2D eigenvalue weighted by Crippen LogP contribution is 2.21. The molecule has 0 N–H and O–H groups in total. The van der Waals surface area contributed by atoms with Gasteiger partial charge in [0.2, 0.25) is 0 Å². The Bertz CT molecular complexity index is 582. The van der Waals surface area contributed by atoms with E-state index >= 15 is 0 Å². The molecule has 0 saturated carbocycles. The van der Waals surface area contributed by atoms with Crippen LogP contribution in [0.4, 0.5) is 0 Å². The molecule has 0 aliphatic rings. The Labute approximate surface area is 132 Å². The SMILES string of the molecule is CCCCCCCc1ccc(-c2ccc(C(=O)[O-])cc2)cc1. The molecule has 0 heterocycles. The van der Waals surface area contributed by atoms with E-state index in [1.807, 2.05) is 12.1 Å². The minimum Gasteiger partial charge on any atom is -0.545 e. The summed E-state index contributed by atoms with van der Waals surface area (Å²) in [5, 5.41) is 10.7. The molecule has 0 fully saturated rings. The van der Waals surface area contributed by atoms with Crippen molar-refractivity contribution in [3.63, 3.8) is 0 Å². The molecule has 0 atom stereocenters. The second-order valence-electron chi connectivity index (χ2n) is 5.73. The van der Waals surface area contributed by atoms with Crippen LogP contribution in [0.1, 0.15) is 54.9 Å². The fraction of sp³-hybridized carbons (Fsp3) is 0.350. The van der Waals surface area contributed by atoms with Gasteiger partial charge < -0.3 is 9.90 Å². The van der Waals surface area contributed by atoms with Crippen molar-refractivity contribution < 1.29 is 9.90 Å². The monoisotopic (exact) mass is 295 g/mol. The summed E-state index contributed by atoms with van der Waals surface area (Å²) < 4.78 is 0. The van der Waals surface area contributed by atoms with E-state index in [-0.39, 0.29) is 5.56 Å². The molecule has 2 nitrogen and oxygen atoms in total. The van der Waals surface area contributed by atoms with Crippen LogP contribution in [0.25, 0.3) is 11.1 Å². The van der Waals surface area contributed by atoms with Gasteiger partial charge in [-0.15, -0.1) is 0 Å². The molecule has 116 valence electrons. The molecule has 0 radical (unpaired) electrons. The predicted molar refractivity (Wildman–Crippen MR) is 88.7 cm³/mol. The molecule has 0 amide bonds. The molecule has 0 aliphatic carbocycles. The fourth-order valence-corrected chi connectivity index (χ4v) is 2.60. The average Bonchev–Trinajstić information content (AvgIpc) is 2.55. The van der Waals surface area contributed by atoms with E-state index in [2.05, 4.69) is 31.2 Å². The molecule has 0 unspecified atom stereocenters. The number of carbonyl (C=O) groups excluding carboxylic acids is 1. The molecule has 2 rings (SSSR count). The van der Waals surface area contributed by atoms with Crippen molar-refractivity contribution >= 4 is 5.97 Å². The number of aromatic carboxylic acids is 1. The highest BCUT2D eigenvalue weighted by atomic mass is 16.4. The lowest BCUT2D eigenvalue weighted by Crippen LogP contribution is -2.21. The lowest BCUT2D eigenvalue weighted by Gasteiger charge is -2.07. The van der Waals surface area contributed by atoms with Gasteiger partial charge in [-0.25, -0.2) is 0 Å². The van der Waals surface area contributed by atoms with Gasteiger partial charge >= 0.3 is 0 Å². The third kappa shape index (κ3) is 4.73. The van der Waals surface area contributed by atoms with Gasteiger partial charge in [0.15, 0.2) is 0 Å². The molecule has 2 aromatic rings. The molecular formula is C20H23O2-. The van der Waals surface area contributed by atoms with Crippen molar-refractivity contribution in [3.8, 4) is 11.1 Å². The van der Waals surface area contributed by atoms with E-state index in [4.69, 9.17) is 0 Å². The smallest absolute Gasteiger partial charge is 0.0715 e. The van der Waals surface area contributed by atoms with E-state index in [0.717, 1.165) is 17.5 Å². The molecule has 0 aromatic heterocycles. The van der Waals surface area contributed by atoms with E-state index in [1.54, 1.807) is 12.1 Å². The van der Waals surface area contributed by atoms with Gasteiger partial charge in [-0.05, 0) is 35.1 Å². The Morgan fingerprint density at radius 2 is 1.36 bits per heavy atom. The summed E-state index contributed by atoms with van der Waals surface area (Å²) in [6, 6.07) is 15.4. The first-order chi connectivity index (χ1) is 10.7. The van der Waals surface area contributed by atoms with Crippen molar-refractivity contribution in [2.75, 3.05) is 0 Å². The van der Waals surface area contributed by atoms with Gasteiger partial charge in [0.25, 0.3) is 0 Å². The number of hydrogen-bond donors (Lipinski definition) is 0. The maximum absolute atomic E-state index is 10.7. The summed E-state index contributed by atoms with van der Waals surface area (Å²) >= 11 is 0. The Morgan fingerprint density at radius 3 is 1.91 bits per heavy atom. The number of carboxylic acids is 1. The lowest BCUT2D eigenvalue weighted by molar-refractivity contribution is -0.255. The van der Waals surface area contributed by atoms with Gasteiger partial charge in [-0.2, -0.15) is 0 Å². The normalized spacial score (nSPS) is 10.6. The number of benzene rings is 2. The number of hydrogen-bond acceptors (Lipinski definition) is 2. The summed E-state index contributed by atoms with van der Waals surface area (Å²) in [7, 11) is 0. The van der Waals surface area contributed by atoms with Gasteiger partial charge in [-0.1, -0.05) is 81.1 Å². The van der Waals surface area contributed by atoms with Gasteiger partial charge in [0.1, 0.15) is 0 Å². The van der Waals surface area contributed by atoms with Crippen LogP contribution < -0.4 is 5.11 Å². The largest absolute Gasteiger partial charge is 0.545 e. The van der Waals surface area contributed by atoms with Crippen LogP contribution in [0.3, 0.4) is 0 Å². The zero-order chi connectivity index (χ0) is 15.8. The summed E-state index contributed by atoms with van der Waals surface area (Å²) in [5.41, 5.74) is 3.72. The minimum absolute atomic E-state index is 0.215. The van der Waals surface area contributed by atoms with E-state index in [0.29, 0.717) is 0 Å². The van der Waals surface area contributed by atoms with Crippen molar-refractivity contribution in [1.82, 2.24) is 0 Å². The van der Waals surface area contributed by atoms with Crippen LogP contribution in [0.2, 0.25) is 0 Å². The second-order valence-corrected chi connectivity index (χ2v) is 5.73. The van der Waals surface area contributed by atoms with Crippen LogP contribution >= 0.6 is 0 Å². The van der Waals surface area contributed by atoms with Gasteiger partial charge in [-0.3, -0.25) is 0 Å². The average molecular weight is 295 g/mol. The molecule has 2 heteroatoms. The summed E-state index contributed by atoms with van der Waals surface area (Å²) in [4.78, 5) is 10.7. The summed E-state index contributed by atoms with van der Waals surface area (Å²) in [6.07, 6.45) is 7.64. The standard InChI is InChI=1S/C20H24O2/c1-2-3-4-5-6-7-16-8-10-17(11-9-16)18-12-14-19(15-13-18)20(21)22/h8-15H,2-7H2,1H3,(H,21,22)/p-1. The van der Waals surface area contributed by atoms with Crippen LogP contribution in [0, 0.1) is 0 Å². The van der Waals surface area contributed by atoms with Crippen LogP contribution in [-0.2, 0) is 6.42 Å². The summed E-state index contributed by atoms with van der Waals surface area (Å²) in [6.45, 7) is 2.23. The van der Waals surface area contributed by atoms with Crippen molar-refractivity contribution in [2.45, 2.75) is 45.4 Å². The van der Waals surface area contributed by atoms with E-state index in [9.17, 15) is 9.90 Å². The van der Waals surface area contributed by atoms with E-state index in [1.165, 1.54) is 37.7 Å². The number of carbonyl (C=O) groups is 1. The number of carboxylic acid groups (broad SMARTS) is 1. The molecular weight excluding hydrogens is 272 g/mol. The van der Waals surface area contributed by atoms with Gasteiger partial charge in [0.05, 0.1) is 5.97 Å². The molecule has 2 aromatic carbocycles. The first-order valence-electron chi connectivity index (χ1n) is 8.11. The highest BCUT2D eigenvalue weighted by Gasteiger charge is 2.00. The first-order valence-corrected chi connectivity index (χ1v) is 8.11. The van der Waals surface area contributed by atoms with Crippen molar-refractivity contribution in [3.05, 3.63) is 59.7 Å². The molecule has 0 bridgehead atoms. The number of aryl methyl sites for hydroxylation is 1. The summed E-state index contributed by atoms with van der Waals surface area (Å²) in [5.74, 6) is -1.13. The maximum Gasteiger partial charge on any atom is 0.0715 e. The van der Waals surface area contributed by atoms with Crippen LogP contribution in [0.5, 0.6) is 0 Å². The van der Waals surface area contributed by atoms with Crippen LogP contribution in [0.15, 0.2) is 48.5 Å². The predicted octanol–water partition coefficient (Wildman–Crippen LogP) is 4.23. The third-order valence-corrected chi connectivity index (χ3v) is 3.98. The molecule has 22 heavy (non-hydrogen) atoms. The highest BCUT2D eigenvalue weighted by molar-refractivity contribution is 5.86. The maximum atomic E-state index is 10.7. The Balaban J connectivity index is 1.92.